The molecule has 0 aliphatic carbocycles. The zero-order valence-corrected chi connectivity index (χ0v) is 12.6. The summed E-state index contributed by atoms with van der Waals surface area (Å²) in [6.07, 6.45) is 0.540. The molecule has 0 aromatic carbocycles. The van der Waals surface area contributed by atoms with Gasteiger partial charge in [0.2, 0.25) is 0 Å². The van der Waals surface area contributed by atoms with E-state index in [2.05, 4.69) is 33.9 Å². The van der Waals surface area contributed by atoms with E-state index in [1.807, 2.05) is 0 Å². The summed E-state index contributed by atoms with van der Waals surface area (Å²) < 4.78 is 5.85. The summed E-state index contributed by atoms with van der Waals surface area (Å²) in [4.78, 5) is 10.3. The Morgan fingerprint density at radius 2 is 1.88 bits per heavy atom. The molecule has 0 aromatic heterocycles. The number of carboxylic acids is 1. The van der Waals surface area contributed by atoms with E-state index in [0.29, 0.717) is 19.4 Å². The first kappa shape index (κ1) is 16.6. The standard InChI is InChI=1S/C12H26O4Si/c1-12(2,3)17(4,5)16-9-10(13)7-6-8-11(14)15/h10,13H,6-9H2,1-5H3,(H,14,15). The molecule has 2 N–H and O–H groups in total. The number of hydrogen-bond donors (Lipinski definition) is 2. The van der Waals surface area contributed by atoms with Crippen LogP contribution < -0.4 is 0 Å². The molecule has 102 valence electrons. The Kier molecular flexibility index (Phi) is 6.36. The van der Waals surface area contributed by atoms with E-state index < -0.39 is 20.4 Å². The van der Waals surface area contributed by atoms with E-state index in [9.17, 15) is 9.90 Å². The Labute approximate surface area is 105 Å². The van der Waals surface area contributed by atoms with E-state index in [1.54, 1.807) is 0 Å². The maximum absolute atomic E-state index is 10.3. The van der Waals surface area contributed by atoms with E-state index in [1.165, 1.54) is 0 Å². The smallest absolute Gasteiger partial charge is 0.303 e. The van der Waals surface area contributed by atoms with Gasteiger partial charge >= 0.3 is 5.97 Å². The fourth-order valence-electron chi connectivity index (χ4n) is 1.09. The van der Waals surface area contributed by atoms with Crippen molar-refractivity contribution < 1.29 is 19.4 Å². The molecule has 17 heavy (non-hydrogen) atoms. The van der Waals surface area contributed by atoms with Crippen molar-refractivity contribution in [3.8, 4) is 0 Å². The zero-order valence-electron chi connectivity index (χ0n) is 11.6. The predicted octanol–water partition coefficient (Wildman–Crippen LogP) is 2.62. The van der Waals surface area contributed by atoms with Gasteiger partial charge in [-0.05, 0) is 31.0 Å². The minimum atomic E-state index is -1.81. The molecule has 0 radical (unpaired) electrons. The van der Waals surface area contributed by atoms with Crippen molar-refractivity contribution in [3.05, 3.63) is 0 Å². The van der Waals surface area contributed by atoms with Crippen LogP contribution in [0.15, 0.2) is 0 Å². The average Bonchev–Trinajstić information content (AvgIpc) is 2.12. The molecule has 0 saturated heterocycles. The number of aliphatic carboxylic acids is 1. The Morgan fingerprint density at radius 1 is 1.35 bits per heavy atom. The first-order valence-electron chi connectivity index (χ1n) is 6.10. The predicted molar refractivity (Wildman–Crippen MR) is 70.6 cm³/mol. The van der Waals surface area contributed by atoms with Gasteiger partial charge < -0.3 is 14.6 Å². The van der Waals surface area contributed by atoms with Crippen LogP contribution >= 0.6 is 0 Å². The zero-order chi connectivity index (χ0) is 13.7. The SMILES string of the molecule is CC(C)(C)[Si](C)(C)OCC(O)CCCC(=O)O. The third-order valence-electron chi connectivity index (χ3n) is 3.37. The second-order valence-electron chi connectivity index (χ2n) is 6.01. The lowest BCUT2D eigenvalue weighted by Gasteiger charge is -2.36. The molecule has 0 aliphatic heterocycles. The molecule has 1 atom stereocenters. The lowest BCUT2D eigenvalue weighted by Crippen LogP contribution is -2.42. The number of hydrogen-bond acceptors (Lipinski definition) is 3. The quantitative estimate of drug-likeness (QED) is 0.692. The fraction of sp³-hybridized carbons (Fsp3) is 0.917. The van der Waals surface area contributed by atoms with Gasteiger partial charge in [0.25, 0.3) is 0 Å². The van der Waals surface area contributed by atoms with Crippen LogP contribution in [-0.4, -0.2) is 37.2 Å². The van der Waals surface area contributed by atoms with E-state index in [0.717, 1.165) is 0 Å². The lowest BCUT2D eigenvalue weighted by atomic mass is 10.2. The van der Waals surface area contributed by atoms with Gasteiger partial charge in [-0.2, -0.15) is 0 Å². The van der Waals surface area contributed by atoms with Crippen molar-refractivity contribution in [2.45, 2.75) is 64.3 Å². The van der Waals surface area contributed by atoms with Crippen molar-refractivity contribution >= 4 is 14.3 Å². The molecular formula is C12H26O4Si. The highest BCUT2D eigenvalue weighted by Crippen LogP contribution is 2.36. The summed E-state index contributed by atoms with van der Waals surface area (Å²) in [5.41, 5.74) is 0. The highest BCUT2D eigenvalue weighted by molar-refractivity contribution is 6.74. The van der Waals surface area contributed by atoms with Crippen LogP contribution in [0.25, 0.3) is 0 Å². The fourth-order valence-corrected chi connectivity index (χ4v) is 2.14. The summed E-state index contributed by atoms with van der Waals surface area (Å²) in [7, 11) is -1.81. The van der Waals surface area contributed by atoms with E-state index in [4.69, 9.17) is 9.53 Å². The molecule has 0 amide bonds. The van der Waals surface area contributed by atoms with Crippen LogP contribution in [0.5, 0.6) is 0 Å². The first-order chi connectivity index (χ1) is 7.56. The molecule has 0 aliphatic rings. The van der Waals surface area contributed by atoms with Gasteiger partial charge in [0.15, 0.2) is 8.32 Å². The summed E-state index contributed by atoms with van der Waals surface area (Å²) >= 11 is 0. The molecule has 0 aromatic rings. The van der Waals surface area contributed by atoms with Crippen molar-refractivity contribution in [2.24, 2.45) is 0 Å². The average molecular weight is 262 g/mol. The summed E-state index contributed by atoms with van der Waals surface area (Å²) in [6, 6.07) is 0. The van der Waals surface area contributed by atoms with Gasteiger partial charge in [0.1, 0.15) is 0 Å². The van der Waals surface area contributed by atoms with E-state index in [-0.39, 0.29) is 11.5 Å². The Balaban J connectivity index is 3.91. The number of carboxylic acid groups (broad SMARTS) is 1. The van der Waals surface area contributed by atoms with Crippen LogP contribution in [0.2, 0.25) is 18.1 Å². The van der Waals surface area contributed by atoms with Crippen LogP contribution in [0, 0.1) is 0 Å². The monoisotopic (exact) mass is 262 g/mol. The van der Waals surface area contributed by atoms with Crippen molar-refractivity contribution in [2.75, 3.05) is 6.61 Å². The largest absolute Gasteiger partial charge is 0.481 e. The molecule has 0 bridgehead atoms. The van der Waals surface area contributed by atoms with Crippen molar-refractivity contribution in [3.63, 3.8) is 0 Å². The third-order valence-corrected chi connectivity index (χ3v) is 7.87. The Bertz CT molecular complexity index is 245. The van der Waals surface area contributed by atoms with Gasteiger partial charge in [0.05, 0.1) is 12.7 Å². The van der Waals surface area contributed by atoms with Gasteiger partial charge in [-0.1, -0.05) is 20.8 Å². The maximum atomic E-state index is 10.3. The maximum Gasteiger partial charge on any atom is 0.303 e. The van der Waals surface area contributed by atoms with Crippen LogP contribution in [0.3, 0.4) is 0 Å². The molecule has 4 nitrogen and oxygen atoms in total. The van der Waals surface area contributed by atoms with Gasteiger partial charge in [-0.25, -0.2) is 0 Å². The summed E-state index contributed by atoms with van der Waals surface area (Å²) in [5.74, 6) is -0.817. The van der Waals surface area contributed by atoms with Crippen LogP contribution in [0.1, 0.15) is 40.0 Å². The van der Waals surface area contributed by atoms with Gasteiger partial charge in [-0.3, -0.25) is 4.79 Å². The topological polar surface area (TPSA) is 66.8 Å². The highest BCUT2D eigenvalue weighted by atomic mass is 28.4. The molecule has 0 heterocycles. The Morgan fingerprint density at radius 3 is 2.29 bits per heavy atom. The minimum Gasteiger partial charge on any atom is -0.481 e. The number of aliphatic hydroxyl groups is 1. The Hall–Kier alpha value is -0.393. The minimum absolute atomic E-state index is 0.108. The molecule has 0 spiro atoms. The normalized spacial score (nSPS) is 14.7. The molecule has 1 unspecified atom stereocenters. The highest BCUT2D eigenvalue weighted by Gasteiger charge is 2.37. The molecule has 0 fully saturated rings. The third kappa shape index (κ3) is 6.80. The second-order valence-corrected chi connectivity index (χ2v) is 10.8. The summed E-state index contributed by atoms with van der Waals surface area (Å²) in [6.45, 7) is 11.0. The van der Waals surface area contributed by atoms with Gasteiger partial charge in [-0.15, -0.1) is 0 Å². The molecule has 5 heteroatoms. The van der Waals surface area contributed by atoms with Crippen molar-refractivity contribution in [1.82, 2.24) is 0 Å². The van der Waals surface area contributed by atoms with E-state index >= 15 is 0 Å². The summed E-state index contributed by atoms with van der Waals surface area (Å²) in [5, 5.41) is 18.3. The molecule has 0 rings (SSSR count). The number of rotatable bonds is 7. The van der Waals surface area contributed by atoms with Crippen LogP contribution in [0.4, 0.5) is 0 Å². The van der Waals surface area contributed by atoms with Gasteiger partial charge in [0, 0.05) is 6.42 Å². The first-order valence-corrected chi connectivity index (χ1v) is 9.01. The molecule has 0 saturated carbocycles. The lowest BCUT2D eigenvalue weighted by molar-refractivity contribution is -0.137. The second kappa shape index (κ2) is 6.52. The number of carbonyl (C=O) groups is 1. The van der Waals surface area contributed by atoms with Crippen molar-refractivity contribution in [1.29, 1.82) is 0 Å². The van der Waals surface area contributed by atoms with Crippen LogP contribution in [-0.2, 0) is 9.22 Å². The molecular weight excluding hydrogens is 236 g/mol. The number of aliphatic hydroxyl groups excluding tert-OH is 1.